The lowest BCUT2D eigenvalue weighted by atomic mass is 9.37. The highest BCUT2D eigenvalue weighted by atomic mass is 13.9. The molecule has 0 aliphatic rings. The summed E-state index contributed by atoms with van der Waals surface area (Å²) in [6.45, 7) is 12.4. The molecular weight excluding hydrogens is 155 g/mol. The summed E-state index contributed by atoms with van der Waals surface area (Å²) in [5, 5.41) is 0. The van der Waals surface area contributed by atoms with Crippen molar-refractivity contribution in [3.05, 3.63) is 54.4 Å². The molecule has 0 heterocycles. The summed E-state index contributed by atoms with van der Waals surface area (Å²) in [4.78, 5) is 0. The zero-order valence-electron chi connectivity index (χ0n) is 8.38. The van der Waals surface area contributed by atoms with E-state index in [0.717, 1.165) is 10.9 Å². The average Bonchev–Trinajstić information content (AvgIpc) is 2.04. The molecule has 0 N–H and O–H groups in total. The van der Waals surface area contributed by atoms with Crippen LogP contribution in [-0.2, 0) is 0 Å². The van der Waals surface area contributed by atoms with Crippen molar-refractivity contribution in [1.29, 1.82) is 0 Å². The molecule has 1 rings (SSSR count). The van der Waals surface area contributed by atoms with Crippen molar-refractivity contribution < 1.29 is 0 Å². The van der Waals surface area contributed by atoms with Gasteiger partial charge in [-0.05, 0) is 0 Å². The second-order valence-corrected chi connectivity index (χ2v) is 3.54. The molecule has 1 heteroatoms. The van der Waals surface area contributed by atoms with Crippen LogP contribution < -0.4 is 5.46 Å². The molecule has 0 nitrogen and oxygen atoms in total. The molecule has 1 aromatic rings. The van der Waals surface area contributed by atoms with Crippen LogP contribution in [0.5, 0.6) is 0 Å². The van der Waals surface area contributed by atoms with Crippen LogP contribution in [0.15, 0.2) is 54.4 Å². The third-order valence-electron chi connectivity index (χ3n) is 2.12. The molecule has 1 aromatic carbocycles. The molecule has 0 amide bonds. The SMILES string of the molecule is C=C(C)B(C(=C)C)c1ccccc1. The second kappa shape index (κ2) is 4.13. The van der Waals surface area contributed by atoms with E-state index in [0.29, 0.717) is 6.71 Å². The van der Waals surface area contributed by atoms with Crippen molar-refractivity contribution in [2.75, 3.05) is 0 Å². The zero-order chi connectivity index (χ0) is 9.84. The summed E-state index contributed by atoms with van der Waals surface area (Å²) in [5.41, 5.74) is 3.58. The standard InChI is InChI=1S/C12H15B/c1-10(2)13(11(3)4)12-8-6-5-7-9-12/h5-9H,1,3H2,2,4H3. The summed E-state index contributed by atoms with van der Waals surface area (Å²) in [6, 6.07) is 10.4. The highest BCUT2D eigenvalue weighted by molar-refractivity contribution is 6.85. The first-order chi connectivity index (χ1) is 6.13. The quantitative estimate of drug-likeness (QED) is 0.611. The van der Waals surface area contributed by atoms with Crippen LogP contribution in [0.25, 0.3) is 0 Å². The number of benzene rings is 1. The van der Waals surface area contributed by atoms with Crippen LogP contribution >= 0.6 is 0 Å². The van der Waals surface area contributed by atoms with Gasteiger partial charge in [0.15, 0.2) is 0 Å². The Morgan fingerprint density at radius 2 is 1.46 bits per heavy atom. The van der Waals surface area contributed by atoms with E-state index in [1.807, 2.05) is 32.0 Å². The predicted molar refractivity (Wildman–Crippen MR) is 61.5 cm³/mol. The van der Waals surface area contributed by atoms with Gasteiger partial charge in [0.05, 0.1) is 0 Å². The van der Waals surface area contributed by atoms with E-state index in [-0.39, 0.29) is 0 Å². The summed E-state index contributed by atoms with van der Waals surface area (Å²) in [6.07, 6.45) is 0. The number of rotatable bonds is 3. The fourth-order valence-electron chi connectivity index (χ4n) is 1.64. The molecule has 0 atom stereocenters. The van der Waals surface area contributed by atoms with Crippen molar-refractivity contribution in [3.63, 3.8) is 0 Å². The van der Waals surface area contributed by atoms with Gasteiger partial charge in [-0.25, -0.2) is 0 Å². The minimum atomic E-state index is 0.307. The van der Waals surface area contributed by atoms with Gasteiger partial charge >= 0.3 is 0 Å². The molecule has 0 aliphatic heterocycles. The highest BCUT2D eigenvalue weighted by Gasteiger charge is 2.17. The first kappa shape index (κ1) is 9.85. The minimum absolute atomic E-state index is 0.307. The Balaban J connectivity index is 3.03. The number of hydrogen-bond donors (Lipinski definition) is 0. The van der Waals surface area contributed by atoms with E-state index >= 15 is 0 Å². The van der Waals surface area contributed by atoms with Gasteiger partial charge in [-0.2, -0.15) is 0 Å². The topological polar surface area (TPSA) is 0 Å². The van der Waals surface area contributed by atoms with E-state index in [1.165, 1.54) is 5.46 Å². The third-order valence-corrected chi connectivity index (χ3v) is 2.12. The Bertz CT molecular complexity index is 297. The molecule has 13 heavy (non-hydrogen) atoms. The molecule has 66 valence electrons. The molecule has 0 aliphatic carbocycles. The molecule has 0 radical (unpaired) electrons. The maximum Gasteiger partial charge on any atom is 0.231 e. The number of allylic oxidation sites excluding steroid dienone is 2. The van der Waals surface area contributed by atoms with Gasteiger partial charge in [-0.1, -0.05) is 49.6 Å². The van der Waals surface area contributed by atoms with Crippen molar-refractivity contribution >= 4 is 12.2 Å². The van der Waals surface area contributed by atoms with Crippen LogP contribution in [0.1, 0.15) is 13.8 Å². The second-order valence-electron chi connectivity index (χ2n) is 3.54. The van der Waals surface area contributed by atoms with Crippen LogP contribution in [0, 0.1) is 0 Å². The van der Waals surface area contributed by atoms with Crippen molar-refractivity contribution in [2.24, 2.45) is 0 Å². The Morgan fingerprint density at radius 1 is 1.00 bits per heavy atom. The Kier molecular flexibility index (Phi) is 3.13. The molecule has 0 saturated heterocycles. The molecule has 0 unspecified atom stereocenters. The van der Waals surface area contributed by atoms with Gasteiger partial charge < -0.3 is 0 Å². The number of hydrogen-bond acceptors (Lipinski definition) is 0. The molecule has 0 spiro atoms. The average molecular weight is 170 g/mol. The Morgan fingerprint density at radius 3 is 1.85 bits per heavy atom. The van der Waals surface area contributed by atoms with Crippen LogP contribution in [0.3, 0.4) is 0 Å². The summed E-state index contributed by atoms with van der Waals surface area (Å²) < 4.78 is 0. The predicted octanol–water partition coefficient (Wildman–Crippen LogP) is 2.62. The fraction of sp³-hybridized carbons (Fsp3) is 0.167. The van der Waals surface area contributed by atoms with Crippen molar-refractivity contribution in [1.82, 2.24) is 0 Å². The van der Waals surface area contributed by atoms with Gasteiger partial charge in [0.25, 0.3) is 0 Å². The molecule has 0 saturated carbocycles. The van der Waals surface area contributed by atoms with E-state index in [2.05, 4.69) is 25.3 Å². The minimum Gasteiger partial charge on any atom is -0.108 e. The van der Waals surface area contributed by atoms with E-state index < -0.39 is 0 Å². The summed E-state index contributed by atoms with van der Waals surface area (Å²) >= 11 is 0. The van der Waals surface area contributed by atoms with Gasteiger partial charge in [0.2, 0.25) is 6.71 Å². The fourth-order valence-corrected chi connectivity index (χ4v) is 1.64. The molecule has 0 fully saturated rings. The third kappa shape index (κ3) is 2.35. The first-order valence-electron chi connectivity index (χ1n) is 4.48. The monoisotopic (exact) mass is 170 g/mol. The lowest BCUT2D eigenvalue weighted by Gasteiger charge is -2.13. The van der Waals surface area contributed by atoms with Gasteiger partial charge in [-0.15, -0.1) is 24.1 Å². The largest absolute Gasteiger partial charge is 0.231 e. The highest BCUT2D eigenvalue weighted by Crippen LogP contribution is 2.06. The smallest absolute Gasteiger partial charge is 0.108 e. The van der Waals surface area contributed by atoms with Crippen molar-refractivity contribution in [3.8, 4) is 0 Å². The molecular formula is C12H15B. The van der Waals surface area contributed by atoms with Gasteiger partial charge in [0, 0.05) is 0 Å². The lowest BCUT2D eigenvalue weighted by molar-refractivity contribution is 1.58. The van der Waals surface area contributed by atoms with Crippen LogP contribution in [-0.4, -0.2) is 6.71 Å². The molecule has 0 bridgehead atoms. The summed E-state index contributed by atoms with van der Waals surface area (Å²) in [7, 11) is 0. The lowest BCUT2D eigenvalue weighted by Crippen LogP contribution is -2.32. The Labute approximate surface area is 81.1 Å². The maximum atomic E-state index is 3.99. The van der Waals surface area contributed by atoms with E-state index in [9.17, 15) is 0 Å². The van der Waals surface area contributed by atoms with Gasteiger partial charge in [-0.3, -0.25) is 0 Å². The zero-order valence-corrected chi connectivity index (χ0v) is 8.38. The van der Waals surface area contributed by atoms with Gasteiger partial charge in [0.1, 0.15) is 0 Å². The van der Waals surface area contributed by atoms with Crippen molar-refractivity contribution in [2.45, 2.75) is 13.8 Å². The Hall–Kier alpha value is -1.24. The maximum absolute atomic E-state index is 3.99. The normalized spacial score (nSPS) is 9.38. The van der Waals surface area contributed by atoms with E-state index in [4.69, 9.17) is 0 Å². The van der Waals surface area contributed by atoms with Crippen LogP contribution in [0.4, 0.5) is 0 Å². The summed E-state index contributed by atoms with van der Waals surface area (Å²) in [5.74, 6) is 0. The van der Waals surface area contributed by atoms with E-state index in [1.54, 1.807) is 0 Å². The molecule has 0 aromatic heterocycles. The first-order valence-corrected chi connectivity index (χ1v) is 4.48. The van der Waals surface area contributed by atoms with Crippen LogP contribution in [0.2, 0.25) is 0 Å².